The minimum Gasteiger partial charge on any atom is -0.493 e. The molecule has 0 aliphatic heterocycles. The molecule has 1 aromatic carbocycles. The molecule has 0 spiro atoms. The van der Waals surface area contributed by atoms with Crippen molar-refractivity contribution in [2.45, 2.75) is 40.2 Å². The summed E-state index contributed by atoms with van der Waals surface area (Å²) in [5.74, 6) is 2.32. The molecule has 2 heteroatoms. The molecule has 0 saturated carbocycles. The summed E-state index contributed by atoms with van der Waals surface area (Å²) in [5.41, 5.74) is 1.27. The van der Waals surface area contributed by atoms with Crippen LogP contribution in [0, 0.1) is 11.8 Å². The van der Waals surface area contributed by atoms with Crippen LogP contribution in [0.25, 0.3) is 0 Å². The predicted octanol–water partition coefficient (Wildman–Crippen LogP) is 4.03. The van der Waals surface area contributed by atoms with Gasteiger partial charge in [0.05, 0.1) is 6.61 Å². The molecule has 2 unspecified atom stereocenters. The Morgan fingerprint density at radius 1 is 1.17 bits per heavy atom. The van der Waals surface area contributed by atoms with E-state index in [1.54, 1.807) is 0 Å². The summed E-state index contributed by atoms with van der Waals surface area (Å²) < 4.78 is 5.88. The fourth-order valence-electron chi connectivity index (χ4n) is 2.15. The Morgan fingerprint density at radius 3 is 2.50 bits per heavy atom. The second kappa shape index (κ2) is 7.42. The number of ether oxygens (including phenoxy) is 1. The van der Waals surface area contributed by atoms with Crippen LogP contribution in [0.2, 0.25) is 0 Å². The van der Waals surface area contributed by atoms with Crippen molar-refractivity contribution in [3.05, 3.63) is 29.8 Å². The van der Waals surface area contributed by atoms with E-state index in [4.69, 9.17) is 4.74 Å². The van der Waals surface area contributed by atoms with Gasteiger partial charge in [0.15, 0.2) is 0 Å². The molecule has 1 rings (SSSR count). The van der Waals surface area contributed by atoms with Crippen LogP contribution < -0.4 is 10.1 Å². The van der Waals surface area contributed by atoms with Gasteiger partial charge < -0.3 is 10.1 Å². The van der Waals surface area contributed by atoms with Gasteiger partial charge in [-0.05, 0) is 49.9 Å². The lowest BCUT2D eigenvalue weighted by molar-refractivity contribution is 0.238. The predicted molar refractivity (Wildman–Crippen MR) is 78.0 cm³/mol. The largest absolute Gasteiger partial charge is 0.493 e. The number of rotatable bonds is 7. The monoisotopic (exact) mass is 249 g/mol. The maximum absolute atomic E-state index is 5.88. The molecule has 0 bridgehead atoms. The minimum atomic E-state index is 0.363. The second-order valence-electron chi connectivity index (χ2n) is 5.63. The van der Waals surface area contributed by atoms with Crippen LogP contribution in [0.3, 0.4) is 0 Å². The van der Waals surface area contributed by atoms with E-state index in [2.05, 4.69) is 51.2 Å². The van der Waals surface area contributed by atoms with Crippen molar-refractivity contribution in [1.29, 1.82) is 0 Å². The fraction of sp³-hybridized carbons (Fsp3) is 0.625. The first-order valence-electron chi connectivity index (χ1n) is 6.93. The molecule has 0 fully saturated rings. The Kier molecular flexibility index (Phi) is 6.20. The zero-order valence-electron chi connectivity index (χ0n) is 12.4. The highest BCUT2D eigenvalue weighted by Crippen LogP contribution is 2.20. The minimum absolute atomic E-state index is 0.363. The molecular weight excluding hydrogens is 222 g/mol. The van der Waals surface area contributed by atoms with E-state index in [0.717, 1.165) is 18.3 Å². The van der Waals surface area contributed by atoms with Crippen LogP contribution in [0.1, 0.15) is 45.7 Å². The molecule has 0 saturated heterocycles. The van der Waals surface area contributed by atoms with Gasteiger partial charge in [0.1, 0.15) is 5.75 Å². The van der Waals surface area contributed by atoms with Crippen LogP contribution in [0.15, 0.2) is 24.3 Å². The lowest BCUT2D eigenvalue weighted by Gasteiger charge is -2.16. The van der Waals surface area contributed by atoms with Gasteiger partial charge in [-0.15, -0.1) is 0 Å². The fourth-order valence-corrected chi connectivity index (χ4v) is 2.15. The van der Waals surface area contributed by atoms with Crippen molar-refractivity contribution in [2.75, 3.05) is 13.7 Å². The highest BCUT2D eigenvalue weighted by atomic mass is 16.5. The summed E-state index contributed by atoms with van der Waals surface area (Å²) in [6, 6.07) is 8.72. The Bertz CT molecular complexity index is 349. The highest BCUT2D eigenvalue weighted by molar-refractivity contribution is 5.30. The Balaban J connectivity index is 2.52. The van der Waals surface area contributed by atoms with Gasteiger partial charge in [-0.3, -0.25) is 0 Å². The van der Waals surface area contributed by atoms with E-state index in [1.165, 1.54) is 12.0 Å². The Labute approximate surface area is 112 Å². The van der Waals surface area contributed by atoms with Gasteiger partial charge in [-0.25, -0.2) is 0 Å². The van der Waals surface area contributed by atoms with E-state index in [1.807, 2.05) is 13.1 Å². The number of hydrogen-bond acceptors (Lipinski definition) is 2. The molecule has 0 heterocycles. The van der Waals surface area contributed by atoms with Crippen molar-refractivity contribution in [3.8, 4) is 5.75 Å². The van der Waals surface area contributed by atoms with Crippen LogP contribution in [-0.2, 0) is 0 Å². The van der Waals surface area contributed by atoms with E-state index >= 15 is 0 Å². The van der Waals surface area contributed by atoms with Crippen molar-refractivity contribution < 1.29 is 4.74 Å². The molecule has 2 atom stereocenters. The van der Waals surface area contributed by atoms with E-state index in [0.29, 0.717) is 12.0 Å². The maximum atomic E-state index is 5.88. The molecule has 2 nitrogen and oxygen atoms in total. The average molecular weight is 249 g/mol. The smallest absolute Gasteiger partial charge is 0.119 e. The third-order valence-corrected chi connectivity index (χ3v) is 3.20. The molecular formula is C16H27NO. The van der Waals surface area contributed by atoms with Gasteiger partial charge in [0.2, 0.25) is 0 Å². The van der Waals surface area contributed by atoms with Gasteiger partial charge in [0.25, 0.3) is 0 Å². The van der Waals surface area contributed by atoms with E-state index in [-0.39, 0.29) is 0 Å². The first-order chi connectivity index (χ1) is 8.52. The molecule has 0 amide bonds. The van der Waals surface area contributed by atoms with Crippen LogP contribution in [0.5, 0.6) is 5.75 Å². The molecule has 102 valence electrons. The Morgan fingerprint density at radius 2 is 1.89 bits per heavy atom. The van der Waals surface area contributed by atoms with Crippen molar-refractivity contribution in [1.82, 2.24) is 5.32 Å². The first-order valence-corrected chi connectivity index (χ1v) is 6.93. The molecule has 18 heavy (non-hydrogen) atoms. The lowest BCUT2D eigenvalue weighted by atomic mass is 10.00. The summed E-state index contributed by atoms with van der Waals surface area (Å²) in [5, 5.41) is 3.24. The molecule has 0 radical (unpaired) electrons. The first kappa shape index (κ1) is 15.0. The van der Waals surface area contributed by atoms with E-state index in [9.17, 15) is 0 Å². The third kappa shape index (κ3) is 5.09. The summed E-state index contributed by atoms with van der Waals surface area (Å²) in [6.07, 6.45) is 1.21. The standard InChI is InChI=1S/C16H27NO/c1-12(2)9-13(3)11-18-16-8-6-7-15(10-16)14(4)17-5/h6-8,10,12-14,17H,9,11H2,1-5H3. The van der Waals surface area contributed by atoms with Gasteiger partial charge in [-0.2, -0.15) is 0 Å². The van der Waals surface area contributed by atoms with Crippen molar-refractivity contribution in [3.63, 3.8) is 0 Å². The maximum Gasteiger partial charge on any atom is 0.119 e. The second-order valence-corrected chi connectivity index (χ2v) is 5.63. The van der Waals surface area contributed by atoms with Gasteiger partial charge in [0, 0.05) is 6.04 Å². The Hall–Kier alpha value is -1.02. The van der Waals surface area contributed by atoms with Gasteiger partial charge in [-0.1, -0.05) is 32.9 Å². The normalized spacial score (nSPS) is 14.6. The average Bonchev–Trinajstić information content (AvgIpc) is 2.35. The molecule has 0 aliphatic rings. The third-order valence-electron chi connectivity index (χ3n) is 3.20. The molecule has 0 aliphatic carbocycles. The zero-order valence-corrected chi connectivity index (χ0v) is 12.4. The number of benzene rings is 1. The molecule has 0 aromatic heterocycles. The van der Waals surface area contributed by atoms with Crippen molar-refractivity contribution in [2.24, 2.45) is 11.8 Å². The van der Waals surface area contributed by atoms with Crippen LogP contribution in [0.4, 0.5) is 0 Å². The number of nitrogens with one attached hydrogen (secondary N) is 1. The van der Waals surface area contributed by atoms with E-state index < -0.39 is 0 Å². The summed E-state index contributed by atoms with van der Waals surface area (Å²) in [6.45, 7) is 9.72. The summed E-state index contributed by atoms with van der Waals surface area (Å²) in [7, 11) is 1.98. The molecule has 1 N–H and O–H groups in total. The van der Waals surface area contributed by atoms with Crippen LogP contribution in [-0.4, -0.2) is 13.7 Å². The topological polar surface area (TPSA) is 21.3 Å². The summed E-state index contributed by atoms with van der Waals surface area (Å²) >= 11 is 0. The highest BCUT2D eigenvalue weighted by Gasteiger charge is 2.07. The van der Waals surface area contributed by atoms with Crippen LogP contribution >= 0.6 is 0 Å². The molecule has 1 aromatic rings. The van der Waals surface area contributed by atoms with Gasteiger partial charge >= 0.3 is 0 Å². The van der Waals surface area contributed by atoms with Crippen molar-refractivity contribution >= 4 is 0 Å². The SMILES string of the molecule is CNC(C)c1cccc(OCC(C)CC(C)C)c1. The quantitative estimate of drug-likeness (QED) is 0.788. The zero-order chi connectivity index (χ0) is 13.5. The summed E-state index contributed by atoms with van der Waals surface area (Å²) in [4.78, 5) is 0. The lowest BCUT2D eigenvalue weighted by Crippen LogP contribution is -2.13. The number of hydrogen-bond donors (Lipinski definition) is 1.